The fourth-order valence-electron chi connectivity index (χ4n) is 2.12. The molecule has 1 aliphatic heterocycles. The minimum atomic E-state index is -0.898. The van der Waals surface area contributed by atoms with Gasteiger partial charge in [-0.1, -0.05) is 6.07 Å². The van der Waals surface area contributed by atoms with Gasteiger partial charge in [0.25, 0.3) is 0 Å². The van der Waals surface area contributed by atoms with Crippen molar-refractivity contribution >= 4 is 23.4 Å². The van der Waals surface area contributed by atoms with Crippen molar-refractivity contribution in [1.82, 2.24) is 0 Å². The Morgan fingerprint density at radius 3 is 2.89 bits per heavy atom. The van der Waals surface area contributed by atoms with Crippen LogP contribution in [0.15, 0.2) is 23.1 Å². The third kappa shape index (κ3) is 2.62. The lowest BCUT2D eigenvalue weighted by atomic mass is 10.0. The molecule has 0 saturated carbocycles. The first-order chi connectivity index (χ1) is 8.56. The number of nitrogens with one attached hydrogen (secondary N) is 1. The fourth-order valence-corrected chi connectivity index (χ4v) is 2.73. The molecule has 2 rings (SSSR count). The van der Waals surface area contributed by atoms with E-state index in [2.05, 4.69) is 12.2 Å². The number of hydrogen-bond donors (Lipinski definition) is 2. The highest BCUT2D eigenvalue weighted by Gasteiger charge is 2.31. The van der Waals surface area contributed by atoms with E-state index in [1.54, 1.807) is 0 Å². The zero-order valence-electron chi connectivity index (χ0n) is 10.5. The maximum absolute atomic E-state index is 11.4. The number of anilines is 1. The number of ether oxygens (including phenoxy) is 1. The Morgan fingerprint density at radius 2 is 2.33 bits per heavy atom. The minimum absolute atomic E-state index is 0.179. The standard InChI is InChI=1S/C13H17NO3S/c1-13(6-7-17-8-13)14-9-4-3-5-10(18-2)11(9)12(15)16/h3-5,14H,6-8H2,1-2H3,(H,15,16). The van der Waals surface area contributed by atoms with Crippen LogP contribution in [0.25, 0.3) is 0 Å². The zero-order valence-corrected chi connectivity index (χ0v) is 11.3. The molecule has 0 radical (unpaired) electrons. The van der Waals surface area contributed by atoms with Crippen molar-refractivity contribution in [3.8, 4) is 0 Å². The largest absolute Gasteiger partial charge is 0.478 e. The quantitative estimate of drug-likeness (QED) is 0.821. The highest BCUT2D eigenvalue weighted by atomic mass is 32.2. The third-order valence-electron chi connectivity index (χ3n) is 3.12. The van der Waals surface area contributed by atoms with Crippen LogP contribution in [0.5, 0.6) is 0 Å². The average Bonchev–Trinajstić information content (AvgIpc) is 2.75. The van der Waals surface area contributed by atoms with Crippen LogP contribution in [-0.2, 0) is 4.74 Å². The number of aromatic carboxylic acids is 1. The molecule has 1 aromatic rings. The Labute approximate surface area is 111 Å². The number of benzene rings is 1. The van der Waals surface area contributed by atoms with Crippen LogP contribution >= 0.6 is 11.8 Å². The van der Waals surface area contributed by atoms with Crippen LogP contribution in [0.4, 0.5) is 5.69 Å². The zero-order chi connectivity index (χ0) is 13.2. The van der Waals surface area contributed by atoms with Crippen LogP contribution in [0.1, 0.15) is 23.7 Å². The van der Waals surface area contributed by atoms with Gasteiger partial charge in [-0.2, -0.15) is 0 Å². The third-order valence-corrected chi connectivity index (χ3v) is 3.90. The lowest BCUT2D eigenvalue weighted by Crippen LogP contribution is -2.35. The molecule has 18 heavy (non-hydrogen) atoms. The Morgan fingerprint density at radius 1 is 1.56 bits per heavy atom. The van der Waals surface area contributed by atoms with Gasteiger partial charge in [0.2, 0.25) is 0 Å². The van der Waals surface area contributed by atoms with E-state index in [-0.39, 0.29) is 5.54 Å². The summed E-state index contributed by atoms with van der Waals surface area (Å²) in [5.41, 5.74) is 0.835. The first kappa shape index (κ1) is 13.2. The summed E-state index contributed by atoms with van der Waals surface area (Å²) in [5.74, 6) is -0.898. The monoisotopic (exact) mass is 267 g/mol. The summed E-state index contributed by atoms with van der Waals surface area (Å²) in [6, 6.07) is 5.51. The predicted molar refractivity (Wildman–Crippen MR) is 72.6 cm³/mol. The summed E-state index contributed by atoms with van der Waals surface area (Å²) in [4.78, 5) is 12.2. The van der Waals surface area contributed by atoms with Crippen molar-refractivity contribution in [2.75, 3.05) is 24.8 Å². The topological polar surface area (TPSA) is 58.6 Å². The summed E-state index contributed by atoms with van der Waals surface area (Å²) in [7, 11) is 0. The Bertz CT molecular complexity index is 456. The second-order valence-electron chi connectivity index (χ2n) is 4.68. The minimum Gasteiger partial charge on any atom is -0.478 e. The lowest BCUT2D eigenvalue weighted by molar-refractivity contribution is 0.0694. The van der Waals surface area contributed by atoms with Gasteiger partial charge in [-0.25, -0.2) is 4.79 Å². The second-order valence-corrected chi connectivity index (χ2v) is 5.52. The van der Waals surface area contributed by atoms with Gasteiger partial charge in [0.05, 0.1) is 23.4 Å². The predicted octanol–water partition coefficient (Wildman–Crippen LogP) is 2.70. The van der Waals surface area contributed by atoms with Gasteiger partial charge in [0.1, 0.15) is 0 Å². The maximum Gasteiger partial charge on any atom is 0.338 e. The van der Waals surface area contributed by atoms with Crippen molar-refractivity contribution < 1.29 is 14.6 Å². The molecule has 5 heteroatoms. The molecular formula is C13H17NO3S. The maximum atomic E-state index is 11.4. The molecule has 4 nitrogen and oxygen atoms in total. The van der Waals surface area contributed by atoms with Crippen molar-refractivity contribution in [1.29, 1.82) is 0 Å². The Balaban J connectivity index is 2.35. The van der Waals surface area contributed by atoms with Crippen molar-refractivity contribution in [3.05, 3.63) is 23.8 Å². The van der Waals surface area contributed by atoms with E-state index >= 15 is 0 Å². The second kappa shape index (κ2) is 5.20. The Kier molecular flexibility index (Phi) is 3.82. The number of carbonyl (C=O) groups is 1. The van der Waals surface area contributed by atoms with Crippen LogP contribution < -0.4 is 5.32 Å². The van der Waals surface area contributed by atoms with Crippen LogP contribution in [0.2, 0.25) is 0 Å². The average molecular weight is 267 g/mol. The number of carboxylic acid groups (broad SMARTS) is 1. The van der Waals surface area contributed by atoms with Crippen LogP contribution in [-0.4, -0.2) is 36.1 Å². The highest BCUT2D eigenvalue weighted by Crippen LogP contribution is 2.31. The summed E-state index contributed by atoms with van der Waals surface area (Å²) in [5, 5.41) is 12.7. The molecule has 1 aliphatic rings. The molecule has 0 amide bonds. The summed E-state index contributed by atoms with van der Waals surface area (Å²) < 4.78 is 5.37. The van der Waals surface area contributed by atoms with Gasteiger partial charge in [-0.15, -0.1) is 11.8 Å². The molecule has 2 N–H and O–H groups in total. The molecule has 1 atom stereocenters. The molecule has 1 saturated heterocycles. The van der Waals surface area contributed by atoms with Crippen LogP contribution in [0, 0.1) is 0 Å². The molecule has 1 heterocycles. The van der Waals surface area contributed by atoms with Gasteiger partial charge < -0.3 is 15.2 Å². The first-order valence-electron chi connectivity index (χ1n) is 5.82. The Hall–Kier alpha value is -1.20. The molecule has 98 valence electrons. The van der Waals surface area contributed by atoms with E-state index in [0.29, 0.717) is 24.5 Å². The van der Waals surface area contributed by atoms with Gasteiger partial charge in [-0.3, -0.25) is 0 Å². The molecule has 0 spiro atoms. The van der Waals surface area contributed by atoms with Gasteiger partial charge in [0.15, 0.2) is 0 Å². The van der Waals surface area contributed by atoms with Crippen LogP contribution in [0.3, 0.4) is 0 Å². The summed E-state index contributed by atoms with van der Waals surface area (Å²) >= 11 is 1.44. The normalized spacial score (nSPS) is 23.0. The number of carboxylic acids is 1. The van der Waals surface area contributed by atoms with Gasteiger partial charge in [-0.05, 0) is 31.7 Å². The number of thioether (sulfide) groups is 1. The molecule has 0 aliphatic carbocycles. The number of hydrogen-bond acceptors (Lipinski definition) is 4. The SMILES string of the molecule is CSc1cccc(NC2(C)CCOC2)c1C(=O)O. The molecule has 0 bridgehead atoms. The van der Waals surface area contributed by atoms with E-state index < -0.39 is 5.97 Å². The van der Waals surface area contributed by atoms with Gasteiger partial charge in [0, 0.05) is 11.5 Å². The highest BCUT2D eigenvalue weighted by molar-refractivity contribution is 7.98. The molecule has 1 aromatic carbocycles. The van der Waals surface area contributed by atoms with E-state index in [4.69, 9.17) is 4.74 Å². The number of rotatable bonds is 4. The van der Waals surface area contributed by atoms with Crippen molar-refractivity contribution in [2.24, 2.45) is 0 Å². The summed E-state index contributed by atoms with van der Waals surface area (Å²) in [6.45, 7) is 3.38. The van der Waals surface area contributed by atoms with E-state index in [0.717, 1.165) is 11.3 Å². The van der Waals surface area contributed by atoms with Crippen molar-refractivity contribution in [3.63, 3.8) is 0 Å². The van der Waals surface area contributed by atoms with E-state index in [1.807, 2.05) is 24.5 Å². The van der Waals surface area contributed by atoms with E-state index in [1.165, 1.54) is 11.8 Å². The molecule has 0 aromatic heterocycles. The molecular weight excluding hydrogens is 250 g/mol. The fraction of sp³-hybridized carbons (Fsp3) is 0.462. The molecule has 1 unspecified atom stereocenters. The smallest absolute Gasteiger partial charge is 0.338 e. The lowest BCUT2D eigenvalue weighted by Gasteiger charge is -2.26. The van der Waals surface area contributed by atoms with Crippen molar-refractivity contribution in [2.45, 2.75) is 23.8 Å². The molecule has 1 fully saturated rings. The van der Waals surface area contributed by atoms with E-state index in [9.17, 15) is 9.90 Å². The summed E-state index contributed by atoms with van der Waals surface area (Å²) in [6.07, 6.45) is 2.77. The van der Waals surface area contributed by atoms with Gasteiger partial charge >= 0.3 is 5.97 Å². The first-order valence-corrected chi connectivity index (χ1v) is 7.04.